The number of aliphatic carboxylic acids is 1. The second kappa shape index (κ2) is 9.65. The maximum atomic E-state index is 13.0. The van der Waals surface area contributed by atoms with Gasteiger partial charge in [-0.3, -0.25) is 18.7 Å². The smallest absolute Gasteiger partial charge is 0.352 e. The van der Waals surface area contributed by atoms with Gasteiger partial charge in [0.2, 0.25) is 5.91 Å². The number of hydrogen-bond donors (Lipinski definition) is 2. The van der Waals surface area contributed by atoms with E-state index in [9.17, 15) is 23.7 Å². The number of nitrogens with zero attached hydrogens (tertiary/aromatic N) is 4. The minimum atomic E-state index is -1.76. The molecule has 0 aromatic carbocycles. The third kappa shape index (κ3) is 4.62. The predicted octanol–water partition coefficient (Wildman–Crippen LogP) is -0.0764. The summed E-state index contributed by atoms with van der Waals surface area (Å²) < 4.78 is 17.7. The van der Waals surface area contributed by atoms with Crippen molar-refractivity contribution in [2.24, 2.45) is 0 Å². The number of nitrogens with one attached hydrogen (secondary N) is 1. The average molecular weight is 504 g/mol. The number of carboxylic acid groups (broad SMARTS) is 1. The highest BCUT2D eigenvalue weighted by Gasteiger charge is 2.66. The van der Waals surface area contributed by atoms with Gasteiger partial charge < -0.3 is 15.2 Å². The zero-order valence-electron chi connectivity index (χ0n) is 16.3. The van der Waals surface area contributed by atoms with Crippen LogP contribution in [-0.4, -0.2) is 83.4 Å². The van der Waals surface area contributed by atoms with Crippen LogP contribution in [0.2, 0.25) is 0 Å². The first kappa shape index (κ1) is 23.7. The number of ether oxygens (including phenoxy) is 1. The Kier molecular flexibility index (Phi) is 7.37. The van der Waals surface area contributed by atoms with Crippen molar-refractivity contribution >= 4 is 63.4 Å². The lowest BCUT2D eigenvalue weighted by Gasteiger charge is -2.55. The van der Waals surface area contributed by atoms with E-state index in [2.05, 4.69) is 15.5 Å². The van der Waals surface area contributed by atoms with Crippen molar-refractivity contribution in [3.05, 3.63) is 16.3 Å². The van der Waals surface area contributed by atoms with Crippen molar-refractivity contribution in [1.82, 2.24) is 20.4 Å². The van der Waals surface area contributed by atoms with E-state index in [0.29, 0.717) is 21.4 Å². The molecule has 0 spiro atoms. The molecule has 2 aliphatic heterocycles. The highest BCUT2D eigenvalue weighted by atomic mass is 32.2. The standard InChI is InChI=1S/C16H17N5O6S4/c1-8-19-20-15(30-8)29-6-9-5-28-14-16(27-2,13(25)21(14)11(9)12(23)24)18-10(22)7-31(26)4-3-17/h14H,4-7H2,1-2H3,(H,18,22)(H,23,24)/t14-,16+,31?/m1/s1. The molecule has 1 unspecified atom stereocenters. The van der Waals surface area contributed by atoms with Crippen LogP contribution in [0.3, 0.4) is 0 Å². The van der Waals surface area contributed by atoms with Crippen LogP contribution in [0.1, 0.15) is 5.01 Å². The Labute approximate surface area is 192 Å². The van der Waals surface area contributed by atoms with Crippen LogP contribution in [0.25, 0.3) is 0 Å². The van der Waals surface area contributed by atoms with E-state index < -0.39 is 45.4 Å². The molecule has 0 saturated carbocycles. The third-order valence-corrected chi connectivity index (χ3v) is 8.82. The van der Waals surface area contributed by atoms with E-state index in [0.717, 1.165) is 9.91 Å². The van der Waals surface area contributed by atoms with Gasteiger partial charge in [-0.05, 0) is 12.5 Å². The molecule has 166 valence electrons. The summed E-state index contributed by atoms with van der Waals surface area (Å²) in [6.07, 6.45) is 0. The maximum absolute atomic E-state index is 13.0. The number of carbonyl (C=O) groups excluding carboxylic acids is 2. The summed E-state index contributed by atoms with van der Waals surface area (Å²) in [7, 11) is -0.470. The molecule has 3 rings (SSSR count). The molecule has 3 atom stereocenters. The third-order valence-electron chi connectivity index (χ3n) is 4.35. The Morgan fingerprint density at radius 2 is 2.26 bits per heavy atom. The molecule has 1 aromatic rings. The van der Waals surface area contributed by atoms with Gasteiger partial charge in [0.25, 0.3) is 11.6 Å². The second-order valence-corrected chi connectivity index (χ2v) is 11.3. The van der Waals surface area contributed by atoms with E-state index in [1.165, 1.54) is 42.0 Å². The first-order valence-corrected chi connectivity index (χ1v) is 13.0. The molecule has 31 heavy (non-hydrogen) atoms. The van der Waals surface area contributed by atoms with Crippen molar-refractivity contribution in [2.75, 3.05) is 30.1 Å². The Bertz CT molecular complexity index is 1020. The summed E-state index contributed by atoms with van der Waals surface area (Å²) >= 11 is 3.99. The molecular formula is C16H17N5O6S4. The number of carboxylic acids is 1. The monoisotopic (exact) mass is 503 g/mol. The fourth-order valence-corrected chi connectivity index (χ4v) is 7.06. The molecule has 11 nitrogen and oxygen atoms in total. The Hall–Kier alpha value is -1.99. The molecule has 2 aliphatic rings. The van der Waals surface area contributed by atoms with E-state index in [1.54, 1.807) is 6.07 Å². The molecule has 2 N–H and O–H groups in total. The summed E-state index contributed by atoms with van der Waals surface area (Å²) in [5, 5.41) is 28.7. The van der Waals surface area contributed by atoms with Gasteiger partial charge in [0.1, 0.15) is 27.6 Å². The number of hydrogen-bond acceptors (Lipinski definition) is 11. The number of β-lactam (4-membered cyclic amide) rings is 1. The van der Waals surface area contributed by atoms with Crippen LogP contribution in [-0.2, 0) is 29.9 Å². The number of aryl methyl sites for hydroxylation is 1. The van der Waals surface area contributed by atoms with Gasteiger partial charge in [-0.15, -0.1) is 22.0 Å². The quantitative estimate of drug-likeness (QED) is 0.263. The summed E-state index contributed by atoms with van der Waals surface area (Å²) in [5.41, 5.74) is -1.35. The molecule has 1 saturated heterocycles. The average Bonchev–Trinajstić information content (AvgIpc) is 3.14. The number of nitriles is 1. The van der Waals surface area contributed by atoms with E-state index in [4.69, 9.17) is 10.00 Å². The molecule has 0 aliphatic carbocycles. The molecular weight excluding hydrogens is 486 g/mol. The van der Waals surface area contributed by atoms with E-state index in [1.807, 2.05) is 6.92 Å². The summed E-state index contributed by atoms with van der Waals surface area (Å²) in [5.74, 6) is -2.85. The molecule has 0 radical (unpaired) electrons. The highest BCUT2D eigenvalue weighted by Crippen LogP contribution is 2.47. The number of rotatable bonds is 9. The minimum Gasteiger partial charge on any atom is -0.477 e. The molecule has 15 heteroatoms. The van der Waals surface area contributed by atoms with Crippen LogP contribution in [0.15, 0.2) is 15.6 Å². The normalized spacial score (nSPS) is 23.6. The van der Waals surface area contributed by atoms with Gasteiger partial charge in [0.05, 0.1) is 6.07 Å². The highest BCUT2D eigenvalue weighted by molar-refractivity contribution is 8.01. The number of thioether (sulfide) groups is 2. The van der Waals surface area contributed by atoms with Gasteiger partial charge in [0.15, 0.2) is 4.34 Å². The van der Waals surface area contributed by atoms with Crippen molar-refractivity contribution in [3.8, 4) is 6.07 Å². The number of methoxy groups -OCH3 is 1. The summed E-state index contributed by atoms with van der Waals surface area (Å²) in [4.78, 5) is 38.3. The fraction of sp³-hybridized carbons (Fsp3) is 0.500. The van der Waals surface area contributed by atoms with E-state index in [-0.39, 0.29) is 11.4 Å². The Morgan fingerprint density at radius 3 is 2.84 bits per heavy atom. The zero-order valence-corrected chi connectivity index (χ0v) is 19.6. The van der Waals surface area contributed by atoms with Gasteiger partial charge in [-0.1, -0.05) is 23.1 Å². The van der Waals surface area contributed by atoms with Gasteiger partial charge in [-0.2, -0.15) is 5.26 Å². The summed E-state index contributed by atoms with van der Waals surface area (Å²) in [6.45, 7) is 1.82. The van der Waals surface area contributed by atoms with Crippen molar-refractivity contribution in [1.29, 1.82) is 5.26 Å². The number of aromatic nitrogens is 2. The van der Waals surface area contributed by atoms with Crippen molar-refractivity contribution in [2.45, 2.75) is 22.4 Å². The molecule has 1 aromatic heterocycles. The van der Waals surface area contributed by atoms with Gasteiger partial charge in [0, 0.05) is 29.4 Å². The topological polar surface area (TPSA) is 163 Å². The number of amides is 2. The first-order chi connectivity index (χ1) is 14.7. The second-order valence-electron chi connectivity index (χ2n) is 6.35. The Balaban J connectivity index is 1.78. The van der Waals surface area contributed by atoms with E-state index >= 15 is 0 Å². The van der Waals surface area contributed by atoms with Crippen molar-refractivity contribution < 1.29 is 28.4 Å². The lowest BCUT2D eigenvalue weighted by atomic mass is 9.98. The molecule has 2 amide bonds. The van der Waals surface area contributed by atoms with Crippen LogP contribution in [0.4, 0.5) is 0 Å². The van der Waals surface area contributed by atoms with Crippen LogP contribution < -0.4 is 5.32 Å². The lowest BCUT2D eigenvalue weighted by molar-refractivity contribution is -0.192. The minimum absolute atomic E-state index is 0.141. The largest absolute Gasteiger partial charge is 0.477 e. The summed E-state index contributed by atoms with van der Waals surface area (Å²) in [6, 6.07) is 1.71. The number of carbonyl (C=O) groups is 3. The molecule has 0 bridgehead atoms. The first-order valence-electron chi connectivity index (χ1n) is 8.65. The number of fused-ring (bicyclic) bond motifs is 1. The van der Waals surface area contributed by atoms with Crippen molar-refractivity contribution in [3.63, 3.8) is 0 Å². The maximum Gasteiger partial charge on any atom is 0.352 e. The molecule has 3 heterocycles. The van der Waals surface area contributed by atoms with Crippen LogP contribution in [0.5, 0.6) is 0 Å². The fourth-order valence-electron chi connectivity index (χ4n) is 3.05. The van der Waals surface area contributed by atoms with Gasteiger partial charge >= 0.3 is 5.97 Å². The predicted molar refractivity (Wildman–Crippen MR) is 114 cm³/mol. The lowest BCUT2D eigenvalue weighted by Crippen LogP contribution is -2.81. The Morgan fingerprint density at radius 1 is 1.52 bits per heavy atom. The SMILES string of the molecule is CO[C@@]1(NC(=O)CS(=O)CC#N)C(=O)N2C(C(=O)O)=C(CSc3nnc(C)s3)CS[C@@H]21. The van der Waals surface area contributed by atoms with Crippen LogP contribution in [0, 0.1) is 18.3 Å². The zero-order chi connectivity index (χ0) is 22.8. The van der Waals surface area contributed by atoms with Gasteiger partial charge in [-0.25, -0.2) is 4.79 Å². The molecule has 1 fully saturated rings. The van der Waals surface area contributed by atoms with Crippen LogP contribution >= 0.6 is 34.9 Å².